The highest BCUT2D eigenvalue weighted by molar-refractivity contribution is 9.10. The topological polar surface area (TPSA) is 97.7 Å². The molecule has 0 unspecified atom stereocenters. The van der Waals surface area contributed by atoms with Crippen molar-refractivity contribution in [3.05, 3.63) is 62.3 Å². The van der Waals surface area contributed by atoms with Crippen molar-refractivity contribution in [3.8, 4) is 0 Å². The van der Waals surface area contributed by atoms with Gasteiger partial charge in [-0.3, -0.25) is 14.9 Å². The van der Waals surface area contributed by atoms with Crippen molar-refractivity contribution >= 4 is 33.4 Å². The number of hydrogen-bond donors (Lipinski definition) is 1. The summed E-state index contributed by atoms with van der Waals surface area (Å²) in [5.74, 6) is -1.32. The number of carbonyl (C=O) groups is 1. The van der Waals surface area contributed by atoms with Crippen LogP contribution in [0.25, 0.3) is 0 Å². The van der Waals surface area contributed by atoms with Crippen molar-refractivity contribution < 1.29 is 14.1 Å². The summed E-state index contributed by atoms with van der Waals surface area (Å²) in [6.07, 6.45) is 0. The van der Waals surface area contributed by atoms with Crippen molar-refractivity contribution in [1.29, 1.82) is 0 Å². The predicted molar refractivity (Wildman–Crippen MR) is 79.2 cm³/mol. The van der Waals surface area contributed by atoms with Gasteiger partial charge in [0.25, 0.3) is 0 Å². The molecule has 21 heavy (non-hydrogen) atoms. The second-order valence-corrected chi connectivity index (χ2v) is 4.96. The van der Waals surface area contributed by atoms with Crippen LogP contribution in [-0.2, 0) is 0 Å². The van der Waals surface area contributed by atoms with Gasteiger partial charge in [-0.15, -0.1) is 0 Å². The van der Waals surface area contributed by atoms with Crippen LogP contribution < -0.4 is 5.43 Å². The number of nitrogens with zero attached hydrogens (tertiary/aromatic N) is 2. The minimum Gasteiger partial charge on any atom is -0.395 e. The van der Waals surface area contributed by atoms with Crippen molar-refractivity contribution in [2.24, 2.45) is 5.10 Å². The van der Waals surface area contributed by atoms with E-state index in [0.717, 1.165) is 16.1 Å². The van der Waals surface area contributed by atoms with Crippen LogP contribution in [0.15, 0.2) is 50.4 Å². The van der Waals surface area contributed by atoms with Crippen molar-refractivity contribution in [2.75, 3.05) is 0 Å². The Morgan fingerprint density at radius 3 is 2.52 bits per heavy atom. The maximum absolute atomic E-state index is 11.7. The Hall–Kier alpha value is -2.48. The van der Waals surface area contributed by atoms with Crippen molar-refractivity contribution in [2.45, 2.75) is 6.92 Å². The van der Waals surface area contributed by atoms with Crippen molar-refractivity contribution in [3.63, 3.8) is 0 Å². The number of carbonyl (C=O) groups excluding carboxylic acids is 1. The number of nitro groups is 1. The van der Waals surface area contributed by atoms with E-state index >= 15 is 0 Å². The summed E-state index contributed by atoms with van der Waals surface area (Å²) in [7, 11) is 0. The monoisotopic (exact) mass is 351 g/mol. The van der Waals surface area contributed by atoms with Crippen molar-refractivity contribution in [1.82, 2.24) is 5.43 Å². The molecule has 0 saturated carbocycles. The first-order valence-electron chi connectivity index (χ1n) is 5.82. The van der Waals surface area contributed by atoms with Gasteiger partial charge < -0.3 is 4.42 Å². The first-order chi connectivity index (χ1) is 9.97. The Bertz CT molecular complexity index is 706. The molecule has 0 bridgehead atoms. The molecule has 7 nitrogen and oxygen atoms in total. The number of halogens is 1. The first-order valence-corrected chi connectivity index (χ1v) is 6.61. The molecule has 0 fully saturated rings. The number of benzene rings is 1. The molecule has 8 heteroatoms. The summed E-state index contributed by atoms with van der Waals surface area (Å²) in [4.78, 5) is 21.5. The molecule has 0 radical (unpaired) electrons. The van der Waals surface area contributed by atoms with E-state index in [1.54, 1.807) is 6.92 Å². The molecular weight excluding hydrogens is 342 g/mol. The predicted octanol–water partition coefficient (Wildman–Crippen LogP) is 3.10. The zero-order valence-corrected chi connectivity index (χ0v) is 12.5. The van der Waals surface area contributed by atoms with Gasteiger partial charge in [-0.25, -0.2) is 5.43 Å². The molecular formula is C13H10BrN3O4. The quantitative estimate of drug-likeness (QED) is 0.519. The zero-order chi connectivity index (χ0) is 15.4. The molecule has 0 atom stereocenters. The summed E-state index contributed by atoms with van der Waals surface area (Å²) in [5, 5.41) is 14.4. The lowest BCUT2D eigenvalue weighted by molar-refractivity contribution is -0.402. The summed E-state index contributed by atoms with van der Waals surface area (Å²) >= 11 is 3.32. The molecule has 1 N–H and O–H groups in total. The number of hydrazone groups is 1. The second-order valence-electron chi connectivity index (χ2n) is 4.04. The molecule has 0 aliphatic carbocycles. The molecule has 0 saturated heterocycles. The fourth-order valence-corrected chi connectivity index (χ4v) is 1.76. The maximum Gasteiger partial charge on any atom is 0.433 e. The lowest BCUT2D eigenvalue weighted by Gasteiger charge is -2.01. The zero-order valence-electron chi connectivity index (χ0n) is 10.9. The van der Waals surface area contributed by atoms with Gasteiger partial charge in [0.05, 0.1) is 11.8 Å². The highest BCUT2D eigenvalue weighted by Gasteiger charge is 2.16. The lowest BCUT2D eigenvalue weighted by Crippen LogP contribution is -2.18. The van der Waals surface area contributed by atoms with E-state index in [9.17, 15) is 14.9 Å². The fourth-order valence-electron chi connectivity index (χ4n) is 1.49. The van der Waals surface area contributed by atoms with Gasteiger partial charge in [0.1, 0.15) is 4.92 Å². The molecule has 0 aliphatic rings. The minimum atomic E-state index is -0.715. The summed E-state index contributed by atoms with van der Waals surface area (Å²) < 4.78 is 5.71. The van der Waals surface area contributed by atoms with E-state index in [1.807, 2.05) is 24.3 Å². The molecule has 0 aliphatic heterocycles. The highest BCUT2D eigenvalue weighted by atomic mass is 79.9. The molecule has 0 spiro atoms. The van der Waals surface area contributed by atoms with E-state index in [0.29, 0.717) is 5.71 Å². The van der Waals surface area contributed by atoms with E-state index in [-0.39, 0.29) is 5.76 Å². The largest absolute Gasteiger partial charge is 0.433 e. The minimum absolute atomic E-state index is 0.172. The Labute approximate surface area is 127 Å². The van der Waals surface area contributed by atoms with Crippen LogP contribution in [0.2, 0.25) is 0 Å². The average molecular weight is 352 g/mol. The van der Waals surface area contributed by atoms with Gasteiger partial charge in [0.2, 0.25) is 5.76 Å². The molecule has 108 valence electrons. The van der Waals surface area contributed by atoms with E-state index in [2.05, 4.69) is 26.5 Å². The van der Waals surface area contributed by atoms with Gasteiger partial charge in [0, 0.05) is 4.47 Å². The Morgan fingerprint density at radius 2 is 1.95 bits per heavy atom. The summed E-state index contributed by atoms with van der Waals surface area (Å²) in [5.41, 5.74) is 3.72. The van der Waals surface area contributed by atoms with Crippen LogP contribution in [0.1, 0.15) is 23.0 Å². The van der Waals surface area contributed by atoms with E-state index in [1.165, 1.54) is 6.07 Å². The van der Waals surface area contributed by atoms with Crippen LogP contribution in [0.5, 0.6) is 0 Å². The fraction of sp³-hybridized carbons (Fsp3) is 0.0769. The van der Waals surface area contributed by atoms with Crippen LogP contribution in [0.4, 0.5) is 5.88 Å². The number of amides is 1. The molecule has 1 aromatic heterocycles. The molecule has 1 aromatic carbocycles. The van der Waals surface area contributed by atoms with Crippen LogP contribution >= 0.6 is 15.9 Å². The third-order valence-corrected chi connectivity index (χ3v) is 3.11. The van der Waals surface area contributed by atoms with Gasteiger partial charge in [-0.1, -0.05) is 28.1 Å². The average Bonchev–Trinajstić information content (AvgIpc) is 2.95. The number of hydrogen-bond acceptors (Lipinski definition) is 5. The van der Waals surface area contributed by atoms with Crippen LogP contribution in [0, 0.1) is 10.1 Å². The third kappa shape index (κ3) is 3.76. The number of furan rings is 1. The molecule has 2 aromatic rings. The summed E-state index contributed by atoms with van der Waals surface area (Å²) in [6.45, 7) is 1.73. The normalized spacial score (nSPS) is 11.2. The van der Waals surface area contributed by atoms with Gasteiger partial charge in [-0.05, 0) is 30.7 Å². The van der Waals surface area contributed by atoms with E-state index in [4.69, 9.17) is 4.42 Å². The van der Waals surface area contributed by atoms with Gasteiger partial charge in [-0.2, -0.15) is 5.10 Å². The lowest BCUT2D eigenvalue weighted by atomic mass is 10.1. The highest BCUT2D eigenvalue weighted by Crippen LogP contribution is 2.15. The second kappa shape index (κ2) is 6.31. The maximum atomic E-state index is 11.7. The molecule has 1 heterocycles. The number of nitrogens with one attached hydrogen (secondary N) is 1. The Morgan fingerprint density at radius 1 is 1.29 bits per heavy atom. The Balaban J connectivity index is 2.06. The van der Waals surface area contributed by atoms with Crippen LogP contribution in [0.3, 0.4) is 0 Å². The Kier molecular flexibility index (Phi) is 4.49. The smallest absolute Gasteiger partial charge is 0.395 e. The number of rotatable bonds is 4. The third-order valence-electron chi connectivity index (χ3n) is 2.58. The van der Waals surface area contributed by atoms with Gasteiger partial charge >= 0.3 is 11.8 Å². The first kappa shape index (κ1) is 14.9. The van der Waals surface area contributed by atoms with Gasteiger partial charge in [0.15, 0.2) is 0 Å². The van der Waals surface area contributed by atoms with Crippen LogP contribution in [-0.4, -0.2) is 16.5 Å². The SMILES string of the molecule is C/C(=N/NC(=O)c1ccc([N+](=O)[O-])o1)c1ccc(Br)cc1. The van der Waals surface area contributed by atoms with E-state index < -0.39 is 16.7 Å². The summed E-state index contributed by atoms with van der Waals surface area (Å²) in [6, 6.07) is 9.72. The standard InChI is InChI=1S/C13H10BrN3O4/c1-8(9-2-4-10(14)5-3-9)15-16-13(18)11-6-7-12(21-11)17(19)20/h2-7H,1H3,(H,16,18)/b15-8-. The molecule has 2 rings (SSSR count). The molecule has 1 amide bonds.